The Labute approximate surface area is 118 Å². The molecule has 102 valence electrons. The van der Waals surface area contributed by atoms with Crippen LogP contribution in [0.15, 0.2) is 20.0 Å². The van der Waals surface area contributed by atoms with Gasteiger partial charge in [-0.05, 0) is 29.3 Å². The van der Waals surface area contributed by atoms with E-state index in [1.807, 2.05) is 13.8 Å². The summed E-state index contributed by atoms with van der Waals surface area (Å²) in [5.41, 5.74) is 0. The maximum atomic E-state index is 11.8. The van der Waals surface area contributed by atoms with Gasteiger partial charge in [0.2, 0.25) is 0 Å². The highest BCUT2D eigenvalue weighted by Gasteiger charge is 2.23. The number of halogens is 2. The monoisotopic (exact) mass is 357 g/mol. The van der Waals surface area contributed by atoms with Crippen LogP contribution in [0.4, 0.5) is 0 Å². The molecule has 1 N–H and O–H groups in total. The van der Waals surface area contributed by atoms with Crippen LogP contribution in [-0.4, -0.2) is 20.4 Å². The van der Waals surface area contributed by atoms with E-state index in [-0.39, 0.29) is 21.4 Å². The first-order chi connectivity index (χ1) is 8.25. The Hall–Kier alpha value is -0.530. The molecule has 1 heterocycles. The Kier molecular flexibility index (Phi) is 5.24. The second-order valence-corrected chi connectivity index (χ2v) is 7.10. The maximum absolute atomic E-state index is 11.8. The average molecular weight is 359 g/mol. The topological polar surface area (TPSA) is 76.4 Å². The molecule has 0 radical (unpaired) electrons. The summed E-state index contributed by atoms with van der Waals surface area (Å²) in [4.78, 5) is 11.5. The van der Waals surface area contributed by atoms with E-state index in [4.69, 9.17) is 15.1 Å². The summed E-state index contributed by atoms with van der Waals surface area (Å²) in [5.74, 6) is -0.563. The Morgan fingerprint density at radius 3 is 2.67 bits per heavy atom. The third-order valence-corrected chi connectivity index (χ3v) is 4.42. The molecule has 0 aromatic carbocycles. The second-order valence-electron chi connectivity index (χ2n) is 3.85. The van der Waals surface area contributed by atoms with Crippen LogP contribution in [0, 0.1) is 0 Å². The lowest BCUT2D eigenvalue weighted by Gasteiger charge is -2.10. The molecule has 0 spiro atoms. The molecule has 1 atom stereocenters. The Morgan fingerprint density at radius 1 is 1.61 bits per heavy atom. The predicted octanol–water partition coefficient (Wildman–Crippen LogP) is 2.89. The van der Waals surface area contributed by atoms with Crippen LogP contribution in [0.1, 0.15) is 37.2 Å². The molecule has 0 aliphatic rings. The lowest BCUT2D eigenvalue weighted by Crippen LogP contribution is -2.32. The Bertz CT molecular complexity index is 540. The van der Waals surface area contributed by atoms with Crippen LogP contribution in [0.3, 0.4) is 0 Å². The molecule has 1 aromatic heterocycles. The standard InChI is InChI=1S/C10H13BrClNO4S/c1-3-4-6(2)13-10(14)7-5-8(9(11)17-7)18(12,15)16/h5-6H,3-4H2,1-2H3,(H,13,14). The van der Waals surface area contributed by atoms with Crippen molar-refractivity contribution in [2.75, 3.05) is 0 Å². The SMILES string of the molecule is CCCC(C)NC(=O)c1cc(S(=O)(=O)Cl)c(Br)o1. The van der Waals surface area contributed by atoms with Crippen molar-refractivity contribution < 1.29 is 17.6 Å². The van der Waals surface area contributed by atoms with Gasteiger partial charge in [-0.1, -0.05) is 13.3 Å². The van der Waals surface area contributed by atoms with Crippen molar-refractivity contribution in [3.63, 3.8) is 0 Å². The van der Waals surface area contributed by atoms with Crippen molar-refractivity contribution >= 4 is 41.6 Å². The summed E-state index contributed by atoms with van der Waals surface area (Å²) in [6, 6.07) is 1.09. The van der Waals surface area contributed by atoms with E-state index in [0.717, 1.165) is 18.9 Å². The molecule has 5 nitrogen and oxygen atoms in total. The second kappa shape index (κ2) is 6.08. The van der Waals surface area contributed by atoms with E-state index >= 15 is 0 Å². The fourth-order valence-corrected chi connectivity index (χ4v) is 3.46. The molecule has 0 saturated heterocycles. The summed E-state index contributed by atoms with van der Waals surface area (Å²) in [6.45, 7) is 3.86. The van der Waals surface area contributed by atoms with Crippen molar-refractivity contribution in [1.29, 1.82) is 0 Å². The predicted molar refractivity (Wildman–Crippen MR) is 71.3 cm³/mol. The Morgan fingerprint density at radius 2 is 2.22 bits per heavy atom. The summed E-state index contributed by atoms with van der Waals surface area (Å²) in [7, 11) is 1.25. The van der Waals surface area contributed by atoms with Crippen LogP contribution in [0.25, 0.3) is 0 Å². The van der Waals surface area contributed by atoms with E-state index in [0.29, 0.717) is 0 Å². The van der Waals surface area contributed by atoms with Crippen LogP contribution in [0.2, 0.25) is 0 Å². The van der Waals surface area contributed by atoms with Gasteiger partial charge in [-0.2, -0.15) is 0 Å². The number of furan rings is 1. The summed E-state index contributed by atoms with van der Waals surface area (Å²) >= 11 is 2.91. The first-order valence-corrected chi connectivity index (χ1v) is 8.40. The van der Waals surface area contributed by atoms with Gasteiger partial charge in [-0.25, -0.2) is 8.42 Å². The fraction of sp³-hybridized carbons (Fsp3) is 0.500. The van der Waals surface area contributed by atoms with E-state index in [2.05, 4.69) is 21.2 Å². The highest BCUT2D eigenvalue weighted by atomic mass is 79.9. The molecule has 8 heteroatoms. The lowest BCUT2D eigenvalue weighted by atomic mass is 10.2. The largest absolute Gasteiger partial charge is 0.443 e. The van der Waals surface area contributed by atoms with Gasteiger partial charge in [0.25, 0.3) is 15.0 Å². The van der Waals surface area contributed by atoms with E-state index in [9.17, 15) is 13.2 Å². The van der Waals surface area contributed by atoms with Gasteiger partial charge in [0.05, 0.1) is 0 Å². The highest BCUT2D eigenvalue weighted by Crippen LogP contribution is 2.28. The van der Waals surface area contributed by atoms with E-state index in [1.165, 1.54) is 0 Å². The number of nitrogens with one attached hydrogen (secondary N) is 1. The molecular weight excluding hydrogens is 346 g/mol. The van der Waals surface area contributed by atoms with Crippen molar-refractivity contribution in [1.82, 2.24) is 5.32 Å². The van der Waals surface area contributed by atoms with E-state index in [1.54, 1.807) is 0 Å². The van der Waals surface area contributed by atoms with Crippen LogP contribution in [-0.2, 0) is 9.05 Å². The molecule has 1 unspecified atom stereocenters. The van der Waals surface area contributed by atoms with Gasteiger partial charge in [0, 0.05) is 22.8 Å². The van der Waals surface area contributed by atoms with Crippen molar-refractivity contribution in [2.45, 2.75) is 37.6 Å². The Balaban J connectivity index is 2.89. The van der Waals surface area contributed by atoms with Gasteiger partial charge in [-0.15, -0.1) is 0 Å². The third kappa shape index (κ3) is 4.00. The fourth-order valence-electron chi connectivity index (χ4n) is 1.43. The van der Waals surface area contributed by atoms with Crippen LogP contribution in [0.5, 0.6) is 0 Å². The molecule has 1 aromatic rings. The van der Waals surface area contributed by atoms with E-state index < -0.39 is 15.0 Å². The van der Waals surface area contributed by atoms with Gasteiger partial charge < -0.3 is 9.73 Å². The van der Waals surface area contributed by atoms with Gasteiger partial charge in [0.15, 0.2) is 10.4 Å². The quantitative estimate of drug-likeness (QED) is 0.821. The lowest BCUT2D eigenvalue weighted by molar-refractivity contribution is 0.0909. The number of carbonyl (C=O) groups is 1. The number of amides is 1. The molecule has 18 heavy (non-hydrogen) atoms. The van der Waals surface area contributed by atoms with Gasteiger partial charge in [-0.3, -0.25) is 4.79 Å². The average Bonchev–Trinajstić information content (AvgIpc) is 2.60. The van der Waals surface area contributed by atoms with Crippen molar-refractivity contribution in [2.24, 2.45) is 0 Å². The molecule has 1 rings (SSSR count). The number of hydrogen-bond donors (Lipinski definition) is 1. The highest BCUT2D eigenvalue weighted by molar-refractivity contribution is 9.10. The minimum atomic E-state index is -3.93. The molecular formula is C10H13BrClNO4S. The molecule has 1 amide bonds. The number of hydrogen-bond acceptors (Lipinski definition) is 4. The molecule has 0 aliphatic carbocycles. The summed E-state index contributed by atoms with van der Waals surface area (Å²) in [5, 5.41) is 2.70. The number of rotatable bonds is 5. The summed E-state index contributed by atoms with van der Waals surface area (Å²) < 4.78 is 27.3. The normalized spacial score (nSPS) is 13.3. The zero-order valence-electron chi connectivity index (χ0n) is 9.87. The minimum Gasteiger partial charge on any atom is -0.443 e. The number of carbonyl (C=O) groups excluding carboxylic acids is 1. The smallest absolute Gasteiger partial charge is 0.287 e. The molecule has 0 aliphatic heterocycles. The zero-order chi connectivity index (χ0) is 13.9. The van der Waals surface area contributed by atoms with Crippen molar-refractivity contribution in [3.05, 3.63) is 16.5 Å². The third-order valence-electron chi connectivity index (χ3n) is 2.24. The van der Waals surface area contributed by atoms with Crippen LogP contribution >= 0.6 is 26.6 Å². The first-order valence-electron chi connectivity index (χ1n) is 5.30. The van der Waals surface area contributed by atoms with Gasteiger partial charge >= 0.3 is 0 Å². The maximum Gasteiger partial charge on any atom is 0.287 e. The molecule has 0 bridgehead atoms. The summed E-state index contributed by atoms with van der Waals surface area (Å²) in [6.07, 6.45) is 1.76. The van der Waals surface area contributed by atoms with Crippen molar-refractivity contribution in [3.8, 4) is 0 Å². The molecule has 0 saturated carbocycles. The molecule has 0 fully saturated rings. The zero-order valence-corrected chi connectivity index (χ0v) is 13.0. The minimum absolute atomic E-state index is 0.0116. The van der Waals surface area contributed by atoms with Crippen LogP contribution < -0.4 is 5.32 Å². The van der Waals surface area contributed by atoms with Gasteiger partial charge in [0.1, 0.15) is 4.90 Å². The first kappa shape index (κ1) is 15.5.